The third-order valence-corrected chi connectivity index (χ3v) is 4.18. The standard InChI is InChI=1S/C18H18N4O2/c23-18(13-1-6-16-17(11-13)20-12-19-16)21-14-2-4-15(5-3-14)22-7-9-24-10-8-22/h1-6,11-12H,7-10H2,(H,19,20)(H,21,23). The monoisotopic (exact) mass is 322 g/mol. The van der Waals surface area contributed by atoms with Gasteiger partial charge in [-0.2, -0.15) is 0 Å². The van der Waals surface area contributed by atoms with Gasteiger partial charge in [0.2, 0.25) is 0 Å². The molecule has 1 saturated heterocycles. The zero-order chi connectivity index (χ0) is 16.4. The minimum absolute atomic E-state index is 0.134. The summed E-state index contributed by atoms with van der Waals surface area (Å²) in [5.74, 6) is -0.134. The van der Waals surface area contributed by atoms with Gasteiger partial charge in [0.25, 0.3) is 5.91 Å². The number of H-pyrrole nitrogens is 1. The van der Waals surface area contributed by atoms with Crippen molar-refractivity contribution in [1.82, 2.24) is 9.97 Å². The highest BCUT2D eigenvalue weighted by Crippen LogP contribution is 2.20. The lowest BCUT2D eigenvalue weighted by Crippen LogP contribution is -2.36. The van der Waals surface area contributed by atoms with Crippen molar-refractivity contribution >= 4 is 28.3 Å². The summed E-state index contributed by atoms with van der Waals surface area (Å²) in [5.41, 5.74) is 4.23. The number of ether oxygens (including phenoxy) is 1. The zero-order valence-corrected chi connectivity index (χ0v) is 13.2. The Balaban J connectivity index is 1.46. The van der Waals surface area contributed by atoms with Gasteiger partial charge >= 0.3 is 0 Å². The molecule has 1 aliphatic heterocycles. The van der Waals surface area contributed by atoms with E-state index in [1.807, 2.05) is 30.3 Å². The first-order valence-electron chi connectivity index (χ1n) is 7.97. The molecule has 1 amide bonds. The summed E-state index contributed by atoms with van der Waals surface area (Å²) in [4.78, 5) is 21.8. The van der Waals surface area contributed by atoms with Crippen molar-refractivity contribution in [2.24, 2.45) is 0 Å². The number of nitrogens with zero attached hydrogens (tertiary/aromatic N) is 2. The van der Waals surface area contributed by atoms with Crippen molar-refractivity contribution < 1.29 is 9.53 Å². The second kappa shape index (κ2) is 6.33. The molecule has 0 atom stereocenters. The van der Waals surface area contributed by atoms with E-state index < -0.39 is 0 Å². The first-order valence-corrected chi connectivity index (χ1v) is 7.97. The summed E-state index contributed by atoms with van der Waals surface area (Å²) in [7, 11) is 0. The van der Waals surface area contributed by atoms with Crippen LogP contribution in [0.15, 0.2) is 48.8 Å². The molecule has 0 unspecified atom stereocenters. The van der Waals surface area contributed by atoms with E-state index in [0.29, 0.717) is 5.56 Å². The van der Waals surface area contributed by atoms with Crippen LogP contribution in [0.2, 0.25) is 0 Å². The van der Waals surface area contributed by atoms with E-state index in [2.05, 4.69) is 20.2 Å². The number of benzene rings is 2. The summed E-state index contributed by atoms with van der Waals surface area (Å²) >= 11 is 0. The van der Waals surface area contributed by atoms with Crippen molar-refractivity contribution in [3.8, 4) is 0 Å². The lowest BCUT2D eigenvalue weighted by Gasteiger charge is -2.28. The molecule has 0 bridgehead atoms. The summed E-state index contributed by atoms with van der Waals surface area (Å²) < 4.78 is 5.37. The Labute approximate surface area is 139 Å². The number of anilines is 2. The maximum atomic E-state index is 12.4. The minimum atomic E-state index is -0.134. The Kier molecular flexibility index (Phi) is 3.88. The van der Waals surface area contributed by atoms with Gasteiger partial charge < -0.3 is 19.9 Å². The molecular weight excluding hydrogens is 304 g/mol. The van der Waals surface area contributed by atoms with Gasteiger partial charge in [0.15, 0.2) is 0 Å². The van der Waals surface area contributed by atoms with Crippen molar-refractivity contribution in [2.75, 3.05) is 36.5 Å². The van der Waals surface area contributed by atoms with E-state index in [0.717, 1.165) is 48.7 Å². The molecule has 3 aromatic rings. The van der Waals surface area contributed by atoms with E-state index in [1.165, 1.54) is 0 Å². The molecule has 2 heterocycles. The second-order valence-corrected chi connectivity index (χ2v) is 5.73. The van der Waals surface area contributed by atoms with E-state index >= 15 is 0 Å². The third kappa shape index (κ3) is 2.96. The molecule has 0 spiro atoms. The van der Waals surface area contributed by atoms with Gasteiger partial charge in [-0.05, 0) is 42.5 Å². The topological polar surface area (TPSA) is 70.2 Å². The van der Waals surface area contributed by atoms with Crippen LogP contribution < -0.4 is 10.2 Å². The van der Waals surface area contributed by atoms with Crippen LogP contribution in [0.3, 0.4) is 0 Å². The maximum absolute atomic E-state index is 12.4. The predicted octanol–water partition coefficient (Wildman–Crippen LogP) is 2.65. The highest BCUT2D eigenvalue weighted by molar-refractivity contribution is 6.05. The highest BCUT2D eigenvalue weighted by atomic mass is 16.5. The van der Waals surface area contributed by atoms with Crippen molar-refractivity contribution in [3.05, 3.63) is 54.4 Å². The number of aromatic amines is 1. The first-order chi connectivity index (χ1) is 11.8. The van der Waals surface area contributed by atoms with E-state index in [-0.39, 0.29) is 5.91 Å². The molecule has 4 rings (SSSR count). The van der Waals surface area contributed by atoms with Crippen molar-refractivity contribution in [2.45, 2.75) is 0 Å². The normalized spacial score (nSPS) is 14.8. The van der Waals surface area contributed by atoms with Gasteiger partial charge in [-0.15, -0.1) is 0 Å². The quantitative estimate of drug-likeness (QED) is 0.778. The fourth-order valence-electron chi connectivity index (χ4n) is 2.86. The fraction of sp³-hybridized carbons (Fsp3) is 0.222. The van der Waals surface area contributed by atoms with Crippen LogP contribution in [-0.4, -0.2) is 42.2 Å². The average Bonchev–Trinajstić information content (AvgIpc) is 3.11. The van der Waals surface area contributed by atoms with Gasteiger partial charge in [-0.3, -0.25) is 4.79 Å². The van der Waals surface area contributed by atoms with Crippen LogP contribution in [0.25, 0.3) is 11.0 Å². The van der Waals surface area contributed by atoms with Crippen molar-refractivity contribution in [1.29, 1.82) is 0 Å². The van der Waals surface area contributed by atoms with Crippen LogP contribution in [0.4, 0.5) is 11.4 Å². The average molecular weight is 322 g/mol. The molecule has 6 nitrogen and oxygen atoms in total. The van der Waals surface area contributed by atoms with Crippen LogP contribution in [0.1, 0.15) is 10.4 Å². The number of fused-ring (bicyclic) bond motifs is 1. The largest absolute Gasteiger partial charge is 0.378 e. The number of morpholine rings is 1. The lowest BCUT2D eigenvalue weighted by atomic mass is 10.1. The van der Waals surface area contributed by atoms with E-state index in [4.69, 9.17) is 4.74 Å². The number of rotatable bonds is 3. The first kappa shape index (κ1) is 14.7. The lowest BCUT2D eigenvalue weighted by molar-refractivity contribution is 0.102. The van der Waals surface area contributed by atoms with Crippen LogP contribution in [-0.2, 0) is 4.74 Å². The smallest absolute Gasteiger partial charge is 0.255 e. The molecular formula is C18H18N4O2. The Morgan fingerprint density at radius 1 is 1.12 bits per heavy atom. The molecule has 1 fully saturated rings. The molecule has 24 heavy (non-hydrogen) atoms. The Morgan fingerprint density at radius 3 is 2.71 bits per heavy atom. The fourth-order valence-corrected chi connectivity index (χ4v) is 2.86. The van der Waals surface area contributed by atoms with Crippen LogP contribution >= 0.6 is 0 Å². The SMILES string of the molecule is O=C(Nc1ccc(N2CCOCC2)cc1)c1ccc2nc[nH]c2c1. The molecule has 1 aliphatic rings. The Bertz CT molecular complexity index is 851. The number of carbonyl (C=O) groups is 1. The van der Waals surface area contributed by atoms with E-state index in [9.17, 15) is 4.79 Å². The number of amides is 1. The number of nitrogens with one attached hydrogen (secondary N) is 2. The summed E-state index contributed by atoms with van der Waals surface area (Å²) in [6.45, 7) is 3.31. The minimum Gasteiger partial charge on any atom is -0.378 e. The molecule has 0 saturated carbocycles. The Hall–Kier alpha value is -2.86. The Morgan fingerprint density at radius 2 is 1.92 bits per heavy atom. The van der Waals surface area contributed by atoms with Gasteiger partial charge in [-0.25, -0.2) is 4.98 Å². The second-order valence-electron chi connectivity index (χ2n) is 5.73. The molecule has 6 heteroatoms. The number of imidazole rings is 1. The van der Waals surface area contributed by atoms with Gasteiger partial charge in [-0.1, -0.05) is 0 Å². The van der Waals surface area contributed by atoms with Crippen LogP contribution in [0, 0.1) is 0 Å². The van der Waals surface area contributed by atoms with Crippen molar-refractivity contribution in [3.63, 3.8) is 0 Å². The molecule has 2 N–H and O–H groups in total. The van der Waals surface area contributed by atoms with Crippen LogP contribution in [0.5, 0.6) is 0 Å². The molecule has 2 aromatic carbocycles. The summed E-state index contributed by atoms with van der Waals surface area (Å²) in [6.07, 6.45) is 1.62. The number of hydrogen-bond donors (Lipinski definition) is 2. The molecule has 0 radical (unpaired) electrons. The van der Waals surface area contributed by atoms with Gasteiger partial charge in [0.1, 0.15) is 0 Å². The summed E-state index contributed by atoms with van der Waals surface area (Å²) in [5, 5.41) is 2.93. The maximum Gasteiger partial charge on any atom is 0.255 e. The number of aromatic nitrogens is 2. The molecule has 122 valence electrons. The van der Waals surface area contributed by atoms with Gasteiger partial charge in [0, 0.05) is 30.0 Å². The predicted molar refractivity (Wildman–Crippen MR) is 93.5 cm³/mol. The number of hydrogen-bond acceptors (Lipinski definition) is 4. The molecule has 0 aliphatic carbocycles. The summed E-state index contributed by atoms with van der Waals surface area (Å²) in [6, 6.07) is 13.3. The zero-order valence-electron chi connectivity index (χ0n) is 13.2. The van der Waals surface area contributed by atoms with E-state index in [1.54, 1.807) is 18.5 Å². The number of carbonyl (C=O) groups excluding carboxylic acids is 1. The third-order valence-electron chi connectivity index (χ3n) is 4.18. The highest BCUT2D eigenvalue weighted by Gasteiger charge is 2.12. The molecule has 1 aromatic heterocycles. The van der Waals surface area contributed by atoms with Gasteiger partial charge in [0.05, 0.1) is 30.6 Å².